The van der Waals surface area contributed by atoms with Gasteiger partial charge in [0, 0.05) is 24.7 Å². The molecule has 114 valence electrons. The number of rotatable bonds is 1. The minimum atomic E-state index is 0.313. The highest BCUT2D eigenvalue weighted by molar-refractivity contribution is 5.52. The lowest BCUT2D eigenvalue weighted by Gasteiger charge is -2.41. The van der Waals surface area contributed by atoms with Crippen molar-refractivity contribution < 1.29 is 9.84 Å². The second-order valence-electron chi connectivity index (χ2n) is 6.40. The molecule has 2 aromatic rings. The lowest BCUT2D eigenvalue weighted by atomic mass is 9.83. The molecular formula is C19H21NO2. The number of phenols is 1. The molecule has 0 saturated heterocycles. The van der Waals surface area contributed by atoms with Gasteiger partial charge in [0.05, 0.1) is 7.11 Å². The molecule has 2 aliphatic heterocycles. The van der Waals surface area contributed by atoms with Crippen LogP contribution >= 0.6 is 0 Å². The lowest BCUT2D eigenvalue weighted by Crippen LogP contribution is -2.39. The third-order valence-electron chi connectivity index (χ3n) is 5.10. The van der Waals surface area contributed by atoms with Crippen molar-refractivity contribution in [2.24, 2.45) is 0 Å². The van der Waals surface area contributed by atoms with Gasteiger partial charge in [0.15, 0.2) is 11.5 Å². The lowest BCUT2D eigenvalue weighted by molar-refractivity contribution is 0.158. The second-order valence-corrected chi connectivity index (χ2v) is 6.40. The van der Waals surface area contributed by atoms with Gasteiger partial charge in [-0.2, -0.15) is 0 Å². The number of methoxy groups -OCH3 is 1. The van der Waals surface area contributed by atoms with Gasteiger partial charge in [-0.1, -0.05) is 29.8 Å². The summed E-state index contributed by atoms with van der Waals surface area (Å²) in [6.45, 7) is 4.01. The summed E-state index contributed by atoms with van der Waals surface area (Å²) in [7, 11) is 1.60. The number of nitrogens with zero attached hydrogens (tertiary/aromatic N) is 1. The molecular weight excluding hydrogens is 274 g/mol. The summed E-state index contributed by atoms with van der Waals surface area (Å²) in [6, 6.07) is 11.2. The molecule has 0 aromatic heterocycles. The van der Waals surface area contributed by atoms with Gasteiger partial charge in [0.2, 0.25) is 0 Å². The third-order valence-corrected chi connectivity index (χ3v) is 5.10. The van der Waals surface area contributed by atoms with Gasteiger partial charge < -0.3 is 9.84 Å². The van der Waals surface area contributed by atoms with Crippen LogP contribution in [0.25, 0.3) is 0 Å². The maximum atomic E-state index is 10.4. The number of fused-ring (bicyclic) bond motifs is 4. The Morgan fingerprint density at radius 1 is 1.18 bits per heavy atom. The van der Waals surface area contributed by atoms with E-state index in [9.17, 15) is 5.11 Å². The first-order valence-corrected chi connectivity index (χ1v) is 7.88. The summed E-state index contributed by atoms with van der Waals surface area (Å²) in [6.07, 6.45) is 2.05. The zero-order chi connectivity index (χ0) is 15.3. The molecule has 22 heavy (non-hydrogen) atoms. The van der Waals surface area contributed by atoms with Crippen LogP contribution in [0.15, 0.2) is 30.3 Å². The molecule has 0 amide bonds. The van der Waals surface area contributed by atoms with Crippen LogP contribution in [0.2, 0.25) is 0 Å². The van der Waals surface area contributed by atoms with Crippen LogP contribution in [-0.4, -0.2) is 23.7 Å². The van der Waals surface area contributed by atoms with Gasteiger partial charge in [-0.15, -0.1) is 0 Å². The van der Waals surface area contributed by atoms with Crippen molar-refractivity contribution in [3.8, 4) is 11.5 Å². The van der Waals surface area contributed by atoms with Crippen LogP contribution in [0.4, 0.5) is 0 Å². The van der Waals surface area contributed by atoms with Crippen LogP contribution in [0.3, 0.4) is 0 Å². The molecule has 0 spiro atoms. The molecule has 2 aliphatic rings. The highest BCUT2D eigenvalue weighted by atomic mass is 16.5. The number of phenolic OH excluding ortho intramolecular Hbond substituents is 1. The van der Waals surface area contributed by atoms with Crippen molar-refractivity contribution >= 4 is 0 Å². The summed E-state index contributed by atoms with van der Waals surface area (Å²) in [5.41, 5.74) is 6.56. The van der Waals surface area contributed by atoms with Crippen molar-refractivity contribution in [1.82, 2.24) is 4.90 Å². The zero-order valence-electron chi connectivity index (χ0n) is 13.1. The summed E-state index contributed by atoms with van der Waals surface area (Å²) < 4.78 is 5.25. The predicted molar refractivity (Wildman–Crippen MR) is 86.4 cm³/mol. The Hall–Kier alpha value is -2.00. The van der Waals surface area contributed by atoms with Gasteiger partial charge in [-0.25, -0.2) is 0 Å². The summed E-state index contributed by atoms with van der Waals surface area (Å²) in [5, 5.41) is 10.4. The molecule has 2 heterocycles. The topological polar surface area (TPSA) is 32.7 Å². The predicted octanol–water partition coefficient (Wildman–Crippen LogP) is 3.36. The molecule has 0 bridgehead atoms. The quantitative estimate of drug-likeness (QED) is 0.875. The molecule has 2 aromatic carbocycles. The Morgan fingerprint density at radius 3 is 2.86 bits per heavy atom. The first-order chi connectivity index (χ1) is 10.7. The smallest absolute Gasteiger partial charge is 0.162 e. The van der Waals surface area contributed by atoms with Crippen LogP contribution in [0.1, 0.15) is 33.9 Å². The minimum Gasteiger partial charge on any atom is -0.504 e. The summed E-state index contributed by atoms with van der Waals surface area (Å²) in [5.74, 6) is 0.887. The highest BCUT2D eigenvalue weighted by Crippen LogP contribution is 2.43. The van der Waals surface area contributed by atoms with Crippen LogP contribution in [0.5, 0.6) is 11.5 Å². The molecule has 1 N–H and O–H groups in total. The van der Waals surface area contributed by atoms with Gasteiger partial charge in [-0.05, 0) is 42.5 Å². The van der Waals surface area contributed by atoms with Crippen molar-refractivity contribution in [1.29, 1.82) is 0 Å². The van der Waals surface area contributed by atoms with E-state index in [1.54, 1.807) is 7.11 Å². The van der Waals surface area contributed by atoms with E-state index in [-0.39, 0.29) is 0 Å². The van der Waals surface area contributed by atoms with E-state index in [1.807, 2.05) is 6.07 Å². The normalized spacial score (nSPS) is 20.0. The van der Waals surface area contributed by atoms with Crippen molar-refractivity contribution in [2.45, 2.75) is 32.4 Å². The summed E-state index contributed by atoms with van der Waals surface area (Å²) >= 11 is 0. The molecule has 4 rings (SSSR count). The average Bonchev–Trinajstić information content (AvgIpc) is 2.53. The van der Waals surface area contributed by atoms with Crippen LogP contribution < -0.4 is 4.74 Å². The number of ether oxygens (including phenoxy) is 1. The number of hydrogen-bond acceptors (Lipinski definition) is 3. The van der Waals surface area contributed by atoms with Gasteiger partial charge >= 0.3 is 0 Å². The standard InChI is InChI=1S/C19H21NO2/c1-12-3-5-15-14(9-12)7-8-20-11-16-13(10-17(15)20)4-6-18(22-2)19(16)21/h3-6,9,17,21H,7-8,10-11H2,1-2H3. The van der Waals surface area contributed by atoms with E-state index >= 15 is 0 Å². The SMILES string of the molecule is COc1ccc2c(c1O)CN1CCc3cc(C)ccc3C1C2. The summed E-state index contributed by atoms with van der Waals surface area (Å²) in [4.78, 5) is 2.49. The molecule has 0 radical (unpaired) electrons. The van der Waals surface area contributed by atoms with Crippen molar-refractivity contribution in [3.05, 3.63) is 58.1 Å². The fraction of sp³-hybridized carbons (Fsp3) is 0.368. The highest BCUT2D eigenvalue weighted by Gasteiger charge is 2.33. The monoisotopic (exact) mass is 295 g/mol. The first-order valence-electron chi connectivity index (χ1n) is 7.88. The zero-order valence-corrected chi connectivity index (χ0v) is 13.1. The Balaban J connectivity index is 1.76. The average molecular weight is 295 g/mol. The fourth-order valence-corrected chi connectivity index (χ4v) is 3.92. The van der Waals surface area contributed by atoms with Gasteiger partial charge in [0.1, 0.15) is 0 Å². The number of hydrogen-bond donors (Lipinski definition) is 1. The van der Waals surface area contributed by atoms with Crippen LogP contribution in [-0.2, 0) is 19.4 Å². The van der Waals surface area contributed by atoms with E-state index in [2.05, 4.69) is 36.1 Å². The Morgan fingerprint density at radius 2 is 2.05 bits per heavy atom. The maximum absolute atomic E-state index is 10.4. The largest absolute Gasteiger partial charge is 0.504 e. The third kappa shape index (κ3) is 2.00. The maximum Gasteiger partial charge on any atom is 0.162 e. The molecule has 0 fully saturated rings. The van der Waals surface area contributed by atoms with Gasteiger partial charge in [0.25, 0.3) is 0 Å². The Kier molecular flexibility index (Phi) is 3.12. The number of aromatic hydroxyl groups is 1. The number of benzene rings is 2. The van der Waals surface area contributed by atoms with E-state index < -0.39 is 0 Å². The number of aryl methyl sites for hydroxylation is 1. The molecule has 0 saturated carbocycles. The van der Waals surface area contributed by atoms with E-state index in [1.165, 1.54) is 22.3 Å². The molecule has 1 unspecified atom stereocenters. The van der Waals surface area contributed by atoms with E-state index in [0.717, 1.165) is 31.5 Å². The minimum absolute atomic E-state index is 0.313. The second kappa shape index (κ2) is 5.03. The van der Waals surface area contributed by atoms with Crippen molar-refractivity contribution in [2.75, 3.05) is 13.7 Å². The Labute approximate surface area is 131 Å². The molecule has 3 heteroatoms. The van der Waals surface area contributed by atoms with Gasteiger partial charge in [-0.3, -0.25) is 4.90 Å². The van der Waals surface area contributed by atoms with E-state index in [0.29, 0.717) is 17.5 Å². The van der Waals surface area contributed by atoms with Crippen molar-refractivity contribution in [3.63, 3.8) is 0 Å². The first kappa shape index (κ1) is 13.6. The fourth-order valence-electron chi connectivity index (χ4n) is 3.92. The van der Waals surface area contributed by atoms with Crippen LogP contribution in [0, 0.1) is 6.92 Å². The molecule has 0 aliphatic carbocycles. The molecule has 3 nitrogen and oxygen atoms in total. The van der Waals surface area contributed by atoms with E-state index in [4.69, 9.17) is 4.74 Å². The molecule has 1 atom stereocenters. The Bertz CT molecular complexity index is 738.